The third kappa shape index (κ3) is 18.4. The van der Waals surface area contributed by atoms with E-state index in [9.17, 15) is 44.4 Å². The van der Waals surface area contributed by atoms with Crippen molar-refractivity contribution in [3.05, 3.63) is 82.0 Å². The highest BCUT2D eigenvalue weighted by atomic mass is 35.5. The molecule has 0 spiro atoms. The van der Waals surface area contributed by atoms with Crippen LogP contribution in [0.15, 0.2) is 54.0 Å². The molecule has 7 rings (SSSR count). The number of hydrogen-bond donors (Lipinski definition) is 7. The maximum atomic E-state index is 16.5. The molecule has 0 aliphatic carbocycles. The van der Waals surface area contributed by atoms with Crippen molar-refractivity contribution < 1.29 is 76.9 Å². The van der Waals surface area contributed by atoms with E-state index in [4.69, 9.17) is 35.3 Å². The SMILES string of the molecule is Cc1ncsc1-c1ccc([C@H](C)NC(=O)[C@@H]2C[C@@H](O)CN2C(=O)[C@@H](NC(=O)COCCOCCOCCOCCOCCN(C)C(=O)CCNc2nc(N3CCN(C(=O)C(O)O)CC3)c3cc(Cl)c(-c4c(O)cccc4F)c(F)c3n2)C(C)(C)C)cc1. The normalized spacial score (nSPS) is 16.1. The van der Waals surface area contributed by atoms with Gasteiger partial charge in [0, 0.05) is 76.7 Å². The Morgan fingerprint density at radius 3 is 2.08 bits per heavy atom. The van der Waals surface area contributed by atoms with Crippen molar-refractivity contribution in [3.63, 3.8) is 0 Å². The van der Waals surface area contributed by atoms with Crippen molar-refractivity contribution in [2.24, 2.45) is 5.41 Å². The number of phenolic OH excluding ortho intramolecular Hbond substituents is 1. The van der Waals surface area contributed by atoms with Gasteiger partial charge in [-0.25, -0.2) is 18.7 Å². The van der Waals surface area contributed by atoms with Crippen LogP contribution >= 0.6 is 22.9 Å². The van der Waals surface area contributed by atoms with Crippen molar-refractivity contribution in [2.45, 2.75) is 78.0 Å². The molecule has 5 aromatic rings. The molecule has 0 radical (unpaired) electrons. The van der Waals surface area contributed by atoms with Gasteiger partial charge in [0.15, 0.2) is 5.82 Å². The molecule has 3 aromatic carbocycles. The number of thiazole rings is 1. The lowest BCUT2D eigenvalue weighted by Gasteiger charge is -2.36. The number of amides is 5. The minimum Gasteiger partial charge on any atom is -0.507 e. The Morgan fingerprint density at radius 2 is 1.48 bits per heavy atom. The standard InChI is InChI=1S/C59H77ClF2N10O14S/c1-35(37-10-12-38(13-11-37)51-36(2)64-34-87-51)65-54(77)43-30-39(73)32-72(43)55(78)52(59(3,4)5)66-45(75)33-86-29-28-85-27-26-84-25-24-83-23-22-82-21-20-69(6)46(76)14-15-63-58-67-50-40(53(68-58)70-16-18-71(19-17-70)56(79)57(80)81)31-41(60)47(49(50)62)48-42(61)8-7-9-44(48)74/h7-13,31,34-35,39,43,52,57,73-74,80-81H,14-30,32-33H2,1-6H3,(H,65,77)(H,66,75)(H,63,67,68)/t35-,39+,43-,52+/m0/s1. The second-order valence-electron chi connectivity index (χ2n) is 22.0. The first kappa shape index (κ1) is 67.7. The fourth-order valence-electron chi connectivity index (χ4n) is 9.85. The first-order chi connectivity index (χ1) is 41.5. The molecule has 0 unspecified atom stereocenters. The van der Waals surface area contributed by atoms with Crippen molar-refractivity contribution in [2.75, 3.05) is 129 Å². The zero-order valence-corrected chi connectivity index (χ0v) is 51.1. The highest BCUT2D eigenvalue weighted by Crippen LogP contribution is 2.43. The molecule has 0 saturated carbocycles. The van der Waals surface area contributed by atoms with Gasteiger partial charge in [-0.3, -0.25) is 24.0 Å². The third-order valence-corrected chi connectivity index (χ3v) is 15.9. The maximum Gasteiger partial charge on any atom is 0.279 e. The van der Waals surface area contributed by atoms with Gasteiger partial charge in [0.25, 0.3) is 5.91 Å². The van der Waals surface area contributed by atoms with E-state index in [1.54, 1.807) is 49.6 Å². The molecule has 2 saturated heterocycles. The monoisotopic (exact) mass is 1250 g/mol. The lowest BCUT2D eigenvalue weighted by atomic mass is 9.85. The number of fused-ring (bicyclic) bond motifs is 1. The molecule has 2 aliphatic heterocycles. The summed E-state index contributed by atoms with van der Waals surface area (Å²) in [6.45, 7) is 11.9. The van der Waals surface area contributed by atoms with Gasteiger partial charge in [-0.05, 0) is 48.6 Å². The largest absolute Gasteiger partial charge is 0.507 e. The van der Waals surface area contributed by atoms with E-state index in [0.717, 1.165) is 27.8 Å². The average molecular weight is 1260 g/mol. The number of nitrogens with zero attached hydrogens (tertiary/aromatic N) is 7. The van der Waals surface area contributed by atoms with Crippen molar-refractivity contribution in [1.29, 1.82) is 0 Å². The molecule has 474 valence electrons. The smallest absolute Gasteiger partial charge is 0.279 e. The van der Waals surface area contributed by atoms with Crippen LogP contribution in [0.1, 0.15) is 57.8 Å². The number of benzene rings is 3. The van der Waals surface area contributed by atoms with Gasteiger partial charge in [0.2, 0.25) is 35.9 Å². The summed E-state index contributed by atoms with van der Waals surface area (Å²) < 4.78 is 59.4. The van der Waals surface area contributed by atoms with Crippen LogP contribution in [0.25, 0.3) is 32.5 Å². The molecule has 2 fully saturated rings. The Labute approximate surface area is 512 Å². The Hall–Kier alpha value is -6.79. The second-order valence-corrected chi connectivity index (χ2v) is 23.3. The molecule has 0 bridgehead atoms. The lowest BCUT2D eigenvalue weighted by Crippen LogP contribution is -2.58. The number of likely N-dealkylation sites (N-methyl/N-ethyl adjacent to an activating group) is 1. The summed E-state index contributed by atoms with van der Waals surface area (Å²) in [6.07, 6.45) is -3.04. The van der Waals surface area contributed by atoms with E-state index in [1.165, 1.54) is 32.9 Å². The number of piperazine rings is 1. The first-order valence-corrected chi connectivity index (χ1v) is 29.8. The van der Waals surface area contributed by atoms with Crippen LogP contribution < -0.4 is 20.9 Å². The summed E-state index contributed by atoms with van der Waals surface area (Å²) in [5, 5.41) is 48.6. The summed E-state index contributed by atoms with van der Waals surface area (Å²) in [6, 6.07) is 10.4. The Balaban J connectivity index is 0.738. The van der Waals surface area contributed by atoms with Gasteiger partial charge < -0.3 is 79.7 Å². The minimum absolute atomic E-state index is 0.00945. The number of carbonyl (C=O) groups is 5. The molecule has 87 heavy (non-hydrogen) atoms. The number of β-amino-alcohol motifs (C(OH)–C–C–N with tert-alkyl or cyclic N) is 1. The Kier molecular flexibility index (Phi) is 24.8. The summed E-state index contributed by atoms with van der Waals surface area (Å²) >= 11 is 8.10. The molecule has 2 aliphatic rings. The number of anilines is 2. The van der Waals surface area contributed by atoms with Gasteiger partial charge in [-0.2, -0.15) is 4.98 Å². The van der Waals surface area contributed by atoms with Gasteiger partial charge in [0.05, 0.1) is 98.3 Å². The van der Waals surface area contributed by atoms with Crippen LogP contribution in [-0.2, 0) is 47.7 Å². The number of aromatic nitrogens is 3. The Bertz CT molecular complexity index is 3130. The summed E-state index contributed by atoms with van der Waals surface area (Å²) in [5.41, 5.74) is 2.78. The molecule has 2 aromatic heterocycles. The van der Waals surface area contributed by atoms with Crippen LogP contribution in [0.3, 0.4) is 0 Å². The number of aliphatic hydroxyl groups is 3. The number of hydrogen-bond acceptors (Lipinski definition) is 20. The predicted molar refractivity (Wildman–Crippen MR) is 320 cm³/mol. The Morgan fingerprint density at radius 1 is 0.851 bits per heavy atom. The molecule has 28 heteroatoms. The number of nitrogens with one attached hydrogen (secondary N) is 3. The van der Waals surface area contributed by atoms with E-state index < -0.39 is 82.0 Å². The lowest BCUT2D eigenvalue weighted by molar-refractivity contribution is -0.159. The van der Waals surface area contributed by atoms with Crippen LogP contribution in [0.4, 0.5) is 20.5 Å². The third-order valence-electron chi connectivity index (χ3n) is 14.6. The molecule has 5 amide bonds. The number of carbonyl (C=O) groups excluding carboxylic acids is 5. The zero-order valence-electron chi connectivity index (χ0n) is 49.6. The minimum atomic E-state index is -2.18. The molecule has 24 nitrogen and oxygen atoms in total. The van der Waals surface area contributed by atoms with E-state index >= 15 is 8.78 Å². The maximum absolute atomic E-state index is 16.5. The summed E-state index contributed by atoms with van der Waals surface area (Å²) in [4.78, 5) is 86.2. The number of aliphatic hydroxyl groups excluding tert-OH is 2. The molecular weight excluding hydrogens is 1180 g/mol. The number of aryl methyl sites for hydroxylation is 1. The van der Waals surface area contributed by atoms with Gasteiger partial charge in [0.1, 0.15) is 41.6 Å². The van der Waals surface area contributed by atoms with Crippen LogP contribution in [0.5, 0.6) is 5.75 Å². The fourth-order valence-corrected chi connectivity index (χ4v) is 11.0. The first-order valence-electron chi connectivity index (χ1n) is 28.6. The van der Waals surface area contributed by atoms with E-state index in [0.29, 0.717) is 13.2 Å². The highest BCUT2D eigenvalue weighted by Gasteiger charge is 2.45. The van der Waals surface area contributed by atoms with Gasteiger partial charge >= 0.3 is 0 Å². The van der Waals surface area contributed by atoms with Crippen molar-refractivity contribution in [3.8, 4) is 27.3 Å². The van der Waals surface area contributed by atoms with Crippen LogP contribution in [0.2, 0.25) is 5.02 Å². The van der Waals surface area contributed by atoms with Crippen LogP contribution in [0, 0.1) is 24.0 Å². The van der Waals surface area contributed by atoms with Gasteiger partial charge in [-0.1, -0.05) is 62.7 Å². The van der Waals surface area contributed by atoms with E-state index in [2.05, 4.69) is 30.9 Å². The fraction of sp³-hybridized carbons (Fsp3) is 0.525. The average Bonchev–Trinajstić information content (AvgIpc) is 1.62. The second kappa shape index (κ2) is 31.9. The predicted octanol–water partition coefficient (Wildman–Crippen LogP) is 4.04. The highest BCUT2D eigenvalue weighted by molar-refractivity contribution is 7.13. The number of halogens is 3. The zero-order chi connectivity index (χ0) is 63.0. The van der Waals surface area contributed by atoms with Gasteiger partial charge in [-0.15, -0.1) is 11.3 Å². The van der Waals surface area contributed by atoms with Crippen molar-refractivity contribution in [1.82, 2.24) is 40.3 Å². The summed E-state index contributed by atoms with van der Waals surface area (Å²) in [5.74, 6) is -4.85. The molecule has 7 N–H and O–H groups in total. The van der Waals surface area contributed by atoms with E-state index in [1.807, 2.05) is 38.1 Å². The number of ether oxygens (including phenoxy) is 5. The quantitative estimate of drug-likeness (QED) is 0.0252. The van der Waals surface area contributed by atoms with Crippen molar-refractivity contribution >= 4 is 75.1 Å². The molecule has 4 heterocycles. The topological polar surface area (TPSA) is 300 Å². The number of phenols is 1. The van der Waals surface area contributed by atoms with E-state index in [-0.39, 0.29) is 151 Å². The van der Waals surface area contributed by atoms with Crippen LogP contribution in [-0.4, -0.2) is 223 Å². The summed E-state index contributed by atoms with van der Waals surface area (Å²) in [7, 11) is 1.62. The molecular formula is C59H77ClF2N10O14S. The number of aromatic hydroxyl groups is 1. The number of likely N-dealkylation sites (tertiary alicyclic amines) is 1. The number of rotatable bonds is 30. The molecule has 4 atom stereocenters.